The van der Waals surface area contributed by atoms with E-state index < -0.39 is 0 Å². The molecular formula is C38H48Br2. The van der Waals surface area contributed by atoms with Crippen LogP contribution < -0.4 is 0 Å². The van der Waals surface area contributed by atoms with Crippen LogP contribution >= 0.6 is 31.9 Å². The molecule has 0 N–H and O–H groups in total. The van der Waals surface area contributed by atoms with E-state index in [9.17, 15) is 0 Å². The van der Waals surface area contributed by atoms with E-state index in [-0.39, 0.29) is 0 Å². The van der Waals surface area contributed by atoms with Crippen molar-refractivity contribution in [1.29, 1.82) is 0 Å². The van der Waals surface area contributed by atoms with Crippen LogP contribution in [0.3, 0.4) is 0 Å². The first kappa shape index (κ1) is 27.0. The van der Waals surface area contributed by atoms with E-state index in [0.29, 0.717) is 43.3 Å². The largest absolute Gasteiger partial charge is 0.0596 e. The summed E-state index contributed by atoms with van der Waals surface area (Å²) in [6.45, 7) is 15.7. The molecule has 0 nitrogen and oxygen atoms in total. The minimum Gasteiger partial charge on any atom is -0.0596 e. The van der Waals surface area contributed by atoms with Gasteiger partial charge in [0, 0.05) is 8.95 Å². The van der Waals surface area contributed by atoms with Crippen LogP contribution in [0.5, 0.6) is 0 Å². The van der Waals surface area contributed by atoms with Gasteiger partial charge in [-0.05, 0) is 181 Å². The highest BCUT2D eigenvalue weighted by molar-refractivity contribution is 9.10. The monoisotopic (exact) mass is 662 g/mol. The zero-order valence-electron chi connectivity index (χ0n) is 25.7. The van der Waals surface area contributed by atoms with Crippen LogP contribution in [0.2, 0.25) is 0 Å². The third-order valence-corrected chi connectivity index (χ3v) is 14.8. The zero-order chi connectivity index (χ0) is 28.2. The molecule has 0 heterocycles. The fourth-order valence-electron chi connectivity index (χ4n) is 15.5. The second-order valence-corrected chi connectivity index (χ2v) is 20.2. The minimum absolute atomic E-state index is 0.342. The molecule has 4 unspecified atom stereocenters. The highest BCUT2D eigenvalue weighted by Crippen LogP contribution is 2.85. The predicted molar refractivity (Wildman–Crippen MR) is 174 cm³/mol. The molecule has 2 aromatic rings. The van der Waals surface area contributed by atoms with Crippen molar-refractivity contribution in [2.45, 2.75) is 129 Å². The van der Waals surface area contributed by atoms with Gasteiger partial charge in [-0.3, -0.25) is 0 Å². The zero-order valence-corrected chi connectivity index (χ0v) is 28.9. The SMILES string of the molecule is Cc1cc(Br)ccc1C12CC3(C)CC(C)(C1)CC(C14CC5(C)CC(C)(CC(c6ccc(Br)cc6C)(C5)C1)C4)(C3)C2. The minimum atomic E-state index is 0.342. The van der Waals surface area contributed by atoms with E-state index in [1.165, 1.54) is 97.1 Å². The summed E-state index contributed by atoms with van der Waals surface area (Å²) in [6.07, 6.45) is 17.3. The Hall–Kier alpha value is -0.600. The van der Waals surface area contributed by atoms with Gasteiger partial charge in [-0.15, -0.1) is 0 Å². The van der Waals surface area contributed by atoms with E-state index >= 15 is 0 Å². The second-order valence-electron chi connectivity index (χ2n) is 18.4. The van der Waals surface area contributed by atoms with Gasteiger partial charge in [0.1, 0.15) is 0 Å². The fourth-order valence-corrected chi connectivity index (χ4v) is 16.5. The Balaban J connectivity index is 1.32. The molecule has 8 aliphatic carbocycles. The molecule has 2 aromatic carbocycles. The first-order valence-corrected chi connectivity index (χ1v) is 17.7. The van der Waals surface area contributed by atoms with Crippen molar-refractivity contribution >= 4 is 31.9 Å². The van der Waals surface area contributed by atoms with Gasteiger partial charge in [-0.1, -0.05) is 71.7 Å². The lowest BCUT2D eigenvalue weighted by Gasteiger charge is -2.80. The first-order valence-electron chi connectivity index (χ1n) is 16.1. The molecule has 0 radical (unpaired) electrons. The third kappa shape index (κ3) is 3.53. The maximum atomic E-state index is 3.79. The Bertz CT molecular complexity index is 1300. The quantitative estimate of drug-likeness (QED) is 0.306. The lowest BCUT2D eigenvalue weighted by atomic mass is 9.24. The lowest BCUT2D eigenvalue weighted by Crippen LogP contribution is -2.71. The smallest absolute Gasteiger partial charge is 0.0178 e. The van der Waals surface area contributed by atoms with Gasteiger partial charge in [-0.25, -0.2) is 0 Å². The summed E-state index contributed by atoms with van der Waals surface area (Å²) in [7, 11) is 0. The standard InChI is InChI=1S/C38H48Br2/c1-25-11-27(39)7-9-29(25)35-15-31(3)13-32(4,16-35)20-37(19-31,23-35)38-21-33(5)14-34(6,22-38)18-36(17-33,24-38)30-10-8-28(40)12-26(30)2/h7-12H,13-24H2,1-6H3. The Morgan fingerprint density at radius 3 is 1.07 bits per heavy atom. The molecule has 0 aromatic heterocycles. The van der Waals surface area contributed by atoms with Crippen molar-refractivity contribution in [3.8, 4) is 0 Å². The van der Waals surface area contributed by atoms with E-state index in [4.69, 9.17) is 0 Å². The average molecular weight is 665 g/mol. The first-order chi connectivity index (χ1) is 18.6. The van der Waals surface area contributed by atoms with Gasteiger partial charge < -0.3 is 0 Å². The summed E-state index contributed by atoms with van der Waals surface area (Å²) in [5.41, 5.74) is 9.90. The molecule has 40 heavy (non-hydrogen) atoms. The summed E-state index contributed by atoms with van der Waals surface area (Å²) in [4.78, 5) is 0. The molecule has 4 atom stereocenters. The van der Waals surface area contributed by atoms with Crippen LogP contribution in [0.1, 0.15) is 127 Å². The molecular weight excluding hydrogens is 616 g/mol. The maximum Gasteiger partial charge on any atom is 0.0178 e. The summed E-state index contributed by atoms with van der Waals surface area (Å²) in [5.74, 6) is 0. The average Bonchev–Trinajstić information content (AvgIpc) is 2.73. The van der Waals surface area contributed by atoms with Crippen molar-refractivity contribution < 1.29 is 0 Å². The Kier molecular flexibility index (Phi) is 5.21. The maximum absolute atomic E-state index is 3.79. The Labute approximate surface area is 260 Å². The highest BCUT2D eigenvalue weighted by atomic mass is 79.9. The Morgan fingerprint density at radius 1 is 0.450 bits per heavy atom. The summed E-state index contributed by atoms with van der Waals surface area (Å²) in [5, 5.41) is 0. The normalized spacial score (nSPS) is 50.1. The van der Waals surface area contributed by atoms with Crippen LogP contribution in [0.25, 0.3) is 0 Å². The number of rotatable bonds is 3. The van der Waals surface area contributed by atoms with Crippen molar-refractivity contribution in [2.75, 3.05) is 0 Å². The van der Waals surface area contributed by atoms with Crippen molar-refractivity contribution in [3.63, 3.8) is 0 Å². The molecule has 0 spiro atoms. The second kappa shape index (κ2) is 7.72. The molecule has 8 bridgehead atoms. The molecule has 8 fully saturated rings. The highest BCUT2D eigenvalue weighted by Gasteiger charge is 2.76. The Morgan fingerprint density at radius 2 is 0.775 bits per heavy atom. The number of benzene rings is 2. The third-order valence-electron chi connectivity index (χ3n) is 13.8. The van der Waals surface area contributed by atoms with Gasteiger partial charge in [-0.2, -0.15) is 0 Å². The van der Waals surface area contributed by atoms with Crippen LogP contribution in [-0.4, -0.2) is 0 Å². The summed E-state index contributed by atoms with van der Waals surface area (Å²) >= 11 is 7.59. The van der Waals surface area contributed by atoms with E-state index in [1.807, 2.05) is 0 Å². The van der Waals surface area contributed by atoms with Crippen molar-refractivity contribution in [2.24, 2.45) is 32.5 Å². The van der Waals surface area contributed by atoms with Gasteiger partial charge in [0.25, 0.3) is 0 Å². The van der Waals surface area contributed by atoms with Crippen LogP contribution in [0, 0.1) is 46.3 Å². The van der Waals surface area contributed by atoms with Crippen LogP contribution in [0.4, 0.5) is 0 Å². The van der Waals surface area contributed by atoms with E-state index in [2.05, 4.69) is 110 Å². The molecule has 0 amide bonds. The van der Waals surface area contributed by atoms with Gasteiger partial charge in [0.2, 0.25) is 0 Å². The molecule has 8 aliphatic rings. The van der Waals surface area contributed by atoms with Gasteiger partial charge in [0.05, 0.1) is 0 Å². The summed E-state index contributed by atoms with van der Waals surface area (Å²) < 4.78 is 2.47. The topological polar surface area (TPSA) is 0 Å². The van der Waals surface area contributed by atoms with E-state index in [0.717, 1.165) is 0 Å². The number of halogens is 2. The molecule has 2 heteroatoms. The lowest BCUT2D eigenvalue weighted by molar-refractivity contribution is -0.275. The van der Waals surface area contributed by atoms with Gasteiger partial charge >= 0.3 is 0 Å². The molecule has 0 saturated heterocycles. The molecule has 8 saturated carbocycles. The van der Waals surface area contributed by atoms with E-state index in [1.54, 1.807) is 11.1 Å². The van der Waals surface area contributed by atoms with Crippen LogP contribution in [-0.2, 0) is 10.8 Å². The summed E-state index contributed by atoms with van der Waals surface area (Å²) in [6, 6.07) is 14.6. The van der Waals surface area contributed by atoms with Crippen molar-refractivity contribution in [1.82, 2.24) is 0 Å². The molecule has 10 rings (SSSR count). The van der Waals surface area contributed by atoms with Crippen molar-refractivity contribution in [3.05, 3.63) is 67.6 Å². The van der Waals surface area contributed by atoms with Gasteiger partial charge in [0.15, 0.2) is 0 Å². The number of hydrogen-bond acceptors (Lipinski definition) is 0. The number of hydrogen-bond donors (Lipinski definition) is 0. The number of aryl methyl sites for hydroxylation is 2. The predicted octanol–water partition coefficient (Wildman–Crippen LogP) is 11.8. The fraction of sp³-hybridized carbons (Fsp3) is 0.684. The molecule has 214 valence electrons. The van der Waals surface area contributed by atoms with Crippen LogP contribution in [0.15, 0.2) is 45.3 Å². The molecule has 0 aliphatic heterocycles.